The van der Waals surface area contributed by atoms with E-state index < -0.39 is 23.5 Å². The number of carbonyl (C=O) groups excluding carboxylic acids is 1. The van der Waals surface area contributed by atoms with Crippen LogP contribution in [0.4, 0.5) is 17.6 Å². The van der Waals surface area contributed by atoms with Crippen molar-refractivity contribution in [2.75, 3.05) is 19.9 Å². The molecule has 0 saturated carbocycles. The summed E-state index contributed by atoms with van der Waals surface area (Å²) in [5, 5.41) is 0. The first-order chi connectivity index (χ1) is 13.8. The third-order valence-corrected chi connectivity index (χ3v) is 5.38. The molecule has 2 aliphatic rings. The Morgan fingerprint density at radius 3 is 2.45 bits per heavy atom. The summed E-state index contributed by atoms with van der Waals surface area (Å²) in [4.78, 5) is 14.1. The lowest BCUT2D eigenvalue weighted by molar-refractivity contribution is -0.140. The average Bonchev–Trinajstić information content (AvgIpc) is 3.15. The van der Waals surface area contributed by atoms with Gasteiger partial charge in [-0.25, -0.2) is 4.39 Å². The van der Waals surface area contributed by atoms with Crippen molar-refractivity contribution in [2.45, 2.75) is 25.4 Å². The van der Waals surface area contributed by atoms with Crippen LogP contribution in [0, 0.1) is 11.7 Å². The summed E-state index contributed by atoms with van der Waals surface area (Å²) in [5.74, 6) is -0.0265. The van der Waals surface area contributed by atoms with Crippen molar-refractivity contribution < 1.29 is 31.8 Å². The van der Waals surface area contributed by atoms with Crippen LogP contribution < -0.4 is 9.47 Å². The minimum Gasteiger partial charge on any atom is -0.454 e. The number of benzene rings is 2. The first-order valence-electron chi connectivity index (χ1n) is 9.36. The molecule has 0 N–H and O–H groups in total. The van der Waals surface area contributed by atoms with E-state index in [1.807, 2.05) is 18.2 Å². The average molecular weight is 409 g/mol. The molecule has 1 fully saturated rings. The monoisotopic (exact) mass is 409 g/mol. The lowest BCUT2D eigenvalue weighted by Crippen LogP contribution is -2.39. The van der Waals surface area contributed by atoms with Crippen molar-refractivity contribution >= 4 is 5.91 Å². The number of alkyl halides is 3. The quantitative estimate of drug-likeness (QED) is 0.692. The maximum atomic E-state index is 13.8. The van der Waals surface area contributed by atoms with Crippen LogP contribution in [0.1, 0.15) is 34.3 Å². The number of hydrogen-bond acceptors (Lipinski definition) is 3. The fourth-order valence-corrected chi connectivity index (χ4v) is 3.80. The van der Waals surface area contributed by atoms with Crippen molar-refractivity contribution in [3.05, 3.63) is 58.9 Å². The summed E-state index contributed by atoms with van der Waals surface area (Å²) in [6.07, 6.45) is -2.40. The predicted octanol–water partition coefficient (Wildman–Crippen LogP) is 4.67. The highest BCUT2D eigenvalue weighted by Crippen LogP contribution is 2.34. The predicted molar refractivity (Wildman–Crippen MR) is 96.3 cm³/mol. The second-order valence-electron chi connectivity index (χ2n) is 7.32. The van der Waals surface area contributed by atoms with E-state index in [1.54, 1.807) is 4.90 Å². The molecule has 4 rings (SSSR count). The Bertz CT molecular complexity index is 921. The molecular formula is C21H19F4NO3. The molecule has 2 aromatic rings. The second kappa shape index (κ2) is 7.57. The van der Waals surface area contributed by atoms with Crippen LogP contribution in [0.2, 0.25) is 0 Å². The summed E-state index contributed by atoms with van der Waals surface area (Å²) < 4.78 is 62.5. The first-order valence-corrected chi connectivity index (χ1v) is 9.36. The first kappa shape index (κ1) is 19.5. The van der Waals surface area contributed by atoms with E-state index in [2.05, 4.69) is 0 Å². The normalized spacial score (nSPS) is 16.9. The number of carbonyl (C=O) groups is 1. The SMILES string of the molecule is O=C(c1ccc(C(F)(F)F)c(F)c1)N1CCC(Cc2ccc3c(c2)OCO3)CC1. The van der Waals surface area contributed by atoms with E-state index in [4.69, 9.17) is 9.47 Å². The summed E-state index contributed by atoms with van der Waals surface area (Å²) in [6.45, 7) is 1.19. The Balaban J connectivity index is 1.35. The second-order valence-corrected chi connectivity index (χ2v) is 7.32. The van der Waals surface area contributed by atoms with Gasteiger partial charge in [-0.15, -0.1) is 0 Å². The molecule has 2 aromatic carbocycles. The molecular weight excluding hydrogens is 390 g/mol. The highest BCUT2D eigenvalue weighted by Gasteiger charge is 2.34. The van der Waals surface area contributed by atoms with Gasteiger partial charge in [-0.05, 0) is 61.1 Å². The Hall–Kier alpha value is -2.77. The number of likely N-dealkylation sites (tertiary alicyclic amines) is 1. The summed E-state index contributed by atoms with van der Waals surface area (Å²) in [7, 11) is 0. The zero-order valence-corrected chi connectivity index (χ0v) is 15.5. The van der Waals surface area contributed by atoms with E-state index >= 15 is 0 Å². The van der Waals surface area contributed by atoms with Gasteiger partial charge in [-0.3, -0.25) is 4.79 Å². The van der Waals surface area contributed by atoms with Crippen LogP contribution in [0.25, 0.3) is 0 Å². The summed E-state index contributed by atoms with van der Waals surface area (Å²) in [6, 6.07) is 8.17. The van der Waals surface area contributed by atoms with Gasteiger partial charge in [0, 0.05) is 18.7 Å². The van der Waals surface area contributed by atoms with Crippen LogP contribution in [-0.4, -0.2) is 30.7 Å². The smallest absolute Gasteiger partial charge is 0.419 e. The minimum absolute atomic E-state index is 0.0651. The van der Waals surface area contributed by atoms with Gasteiger partial charge in [0.15, 0.2) is 11.5 Å². The molecule has 154 valence electrons. The maximum Gasteiger partial charge on any atom is 0.419 e. The van der Waals surface area contributed by atoms with Crippen molar-refractivity contribution in [1.82, 2.24) is 4.90 Å². The molecule has 0 radical (unpaired) electrons. The van der Waals surface area contributed by atoms with Crippen molar-refractivity contribution in [2.24, 2.45) is 5.92 Å². The zero-order valence-electron chi connectivity index (χ0n) is 15.5. The molecule has 29 heavy (non-hydrogen) atoms. The lowest BCUT2D eigenvalue weighted by Gasteiger charge is -2.32. The van der Waals surface area contributed by atoms with Gasteiger partial charge in [-0.1, -0.05) is 6.07 Å². The van der Waals surface area contributed by atoms with E-state index in [1.165, 1.54) is 0 Å². The van der Waals surface area contributed by atoms with Crippen LogP contribution in [0.3, 0.4) is 0 Å². The molecule has 2 heterocycles. The van der Waals surface area contributed by atoms with E-state index in [-0.39, 0.29) is 12.4 Å². The molecule has 0 bridgehead atoms. The Morgan fingerprint density at radius 1 is 1.03 bits per heavy atom. The van der Waals surface area contributed by atoms with Gasteiger partial charge >= 0.3 is 6.18 Å². The maximum absolute atomic E-state index is 13.8. The molecule has 2 aliphatic heterocycles. The number of rotatable bonds is 3. The van der Waals surface area contributed by atoms with Crippen LogP contribution in [0.5, 0.6) is 11.5 Å². The molecule has 1 saturated heterocycles. The Kier molecular flexibility index (Phi) is 5.10. The fourth-order valence-electron chi connectivity index (χ4n) is 3.80. The lowest BCUT2D eigenvalue weighted by atomic mass is 9.90. The highest BCUT2D eigenvalue weighted by atomic mass is 19.4. The van der Waals surface area contributed by atoms with Gasteiger partial charge < -0.3 is 14.4 Å². The third kappa shape index (κ3) is 4.16. The number of ether oxygens (including phenoxy) is 2. The number of amides is 1. The number of hydrogen-bond donors (Lipinski definition) is 0. The van der Waals surface area contributed by atoms with Gasteiger partial charge in [0.2, 0.25) is 6.79 Å². The molecule has 4 nitrogen and oxygen atoms in total. The van der Waals surface area contributed by atoms with Crippen molar-refractivity contribution in [1.29, 1.82) is 0 Å². The topological polar surface area (TPSA) is 38.8 Å². The third-order valence-electron chi connectivity index (χ3n) is 5.38. The molecule has 0 unspecified atom stereocenters. The van der Waals surface area contributed by atoms with Gasteiger partial charge in [0.1, 0.15) is 5.82 Å². The molecule has 0 atom stereocenters. The van der Waals surface area contributed by atoms with Crippen molar-refractivity contribution in [3.8, 4) is 11.5 Å². The Morgan fingerprint density at radius 2 is 1.76 bits per heavy atom. The van der Waals surface area contributed by atoms with Gasteiger partial charge in [-0.2, -0.15) is 13.2 Å². The highest BCUT2D eigenvalue weighted by molar-refractivity contribution is 5.94. The minimum atomic E-state index is -4.78. The molecule has 0 aromatic heterocycles. The van der Waals surface area contributed by atoms with E-state index in [9.17, 15) is 22.4 Å². The number of halogens is 4. The number of fused-ring (bicyclic) bond motifs is 1. The molecule has 0 spiro atoms. The molecule has 1 amide bonds. The summed E-state index contributed by atoms with van der Waals surface area (Å²) >= 11 is 0. The van der Waals surface area contributed by atoms with Crippen LogP contribution in [0.15, 0.2) is 36.4 Å². The van der Waals surface area contributed by atoms with E-state index in [0.717, 1.165) is 42.4 Å². The van der Waals surface area contributed by atoms with Crippen LogP contribution >= 0.6 is 0 Å². The number of nitrogens with zero attached hydrogens (tertiary/aromatic N) is 1. The van der Waals surface area contributed by atoms with Gasteiger partial charge in [0.25, 0.3) is 5.91 Å². The standard InChI is InChI=1S/C21H19F4NO3/c22-17-11-15(2-3-16(17)21(23,24)25)20(27)26-7-5-13(6-8-26)9-14-1-4-18-19(10-14)29-12-28-18/h1-4,10-11,13H,5-9,12H2. The van der Waals surface area contributed by atoms with Gasteiger partial charge in [0.05, 0.1) is 5.56 Å². The van der Waals surface area contributed by atoms with E-state index in [0.29, 0.717) is 31.1 Å². The van der Waals surface area contributed by atoms with Crippen molar-refractivity contribution in [3.63, 3.8) is 0 Å². The van der Waals surface area contributed by atoms with Crippen LogP contribution in [-0.2, 0) is 12.6 Å². The molecule has 8 heteroatoms. The fraction of sp³-hybridized carbons (Fsp3) is 0.381. The number of piperidine rings is 1. The largest absolute Gasteiger partial charge is 0.454 e. The Labute approximate surface area is 165 Å². The zero-order chi connectivity index (χ0) is 20.6. The summed E-state index contributed by atoms with van der Waals surface area (Å²) in [5.41, 5.74) is -0.301. The molecule has 0 aliphatic carbocycles.